The Bertz CT molecular complexity index is 111. The Morgan fingerprint density at radius 3 is 2.23 bits per heavy atom. The molecule has 3 N–H and O–H groups in total. The number of nitrogens with two attached hydrogens (primary N) is 1. The van der Waals surface area contributed by atoms with E-state index in [-0.39, 0.29) is 6.10 Å². The molecule has 2 heteroatoms. The van der Waals surface area contributed by atoms with Crippen LogP contribution in [0.25, 0.3) is 0 Å². The summed E-state index contributed by atoms with van der Waals surface area (Å²) in [5.74, 6) is 1.04. The van der Waals surface area contributed by atoms with Crippen molar-refractivity contribution in [2.45, 2.75) is 52.6 Å². The lowest BCUT2D eigenvalue weighted by Crippen LogP contribution is -2.27. The summed E-state index contributed by atoms with van der Waals surface area (Å²) in [5, 5.41) is 9.74. The minimum atomic E-state index is -0.186. The molecule has 0 heterocycles. The topological polar surface area (TPSA) is 46.2 Å². The number of hydrogen-bond acceptors (Lipinski definition) is 2. The average Bonchev–Trinajstić information content (AvgIpc) is 2.05. The van der Waals surface area contributed by atoms with E-state index in [4.69, 9.17) is 5.73 Å². The second-order valence-corrected chi connectivity index (χ2v) is 4.30. The molecule has 13 heavy (non-hydrogen) atoms. The van der Waals surface area contributed by atoms with Crippen molar-refractivity contribution >= 4 is 0 Å². The van der Waals surface area contributed by atoms with Gasteiger partial charge < -0.3 is 10.8 Å². The van der Waals surface area contributed by atoms with Crippen molar-refractivity contribution in [3.63, 3.8) is 0 Å². The van der Waals surface area contributed by atoms with E-state index >= 15 is 0 Å². The van der Waals surface area contributed by atoms with E-state index in [0.717, 1.165) is 25.2 Å². The van der Waals surface area contributed by atoms with Crippen molar-refractivity contribution < 1.29 is 5.11 Å². The van der Waals surface area contributed by atoms with E-state index in [9.17, 15) is 5.11 Å². The first-order valence-corrected chi connectivity index (χ1v) is 5.49. The van der Waals surface area contributed by atoms with Crippen LogP contribution in [0.5, 0.6) is 0 Å². The fourth-order valence-electron chi connectivity index (χ4n) is 1.57. The molecule has 0 aromatic carbocycles. The fourth-order valence-corrected chi connectivity index (χ4v) is 1.57. The molecule has 0 radical (unpaired) electrons. The molecule has 80 valence electrons. The second kappa shape index (κ2) is 7.34. The Morgan fingerprint density at radius 2 is 1.85 bits per heavy atom. The summed E-state index contributed by atoms with van der Waals surface area (Å²) in [5.41, 5.74) is 5.56. The highest BCUT2D eigenvalue weighted by Crippen LogP contribution is 2.15. The van der Waals surface area contributed by atoms with Gasteiger partial charge in [-0.1, -0.05) is 33.6 Å². The Balaban J connectivity index is 3.53. The number of aliphatic hydroxyl groups is 1. The summed E-state index contributed by atoms with van der Waals surface area (Å²) in [4.78, 5) is 0. The Labute approximate surface area is 82.5 Å². The summed E-state index contributed by atoms with van der Waals surface area (Å²) in [7, 11) is 0. The van der Waals surface area contributed by atoms with Crippen LogP contribution >= 0.6 is 0 Å². The molecular formula is C11H25NO. The van der Waals surface area contributed by atoms with Gasteiger partial charge in [0.1, 0.15) is 0 Å². The van der Waals surface area contributed by atoms with Crippen molar-refractivity contribution in [3.8, 4) is 0 Å². The van der Waals surface area contributed by atoms with Crippen LogP contribution in [0.2, 0.25) is 0 Å². The van der Waals surface area contributed by atoms with E-state index < -0.39 is 0 Å². The van der Waals surface area contributed by atoms with E-state index in [1.54, 1.807) is 0 Å². The maximum Gasteiger partial charge on any atom is 0.0580 e. The maximum absolute atomic E-state index is 9.74. The zero-order valence-corrected chi connectivity index (χ0v) is 9.29. The van der Waals surface area contributed by atoms with Crippen LogP contribution in [0, 0.1) is 11.8 Å². The molecule has 0 aromatic heterocycles. The molecule has 0 aromatic rings. The number of rotatable bonds is 7. The minimum absolute atomic E-state index is 0.186. The molecule has 0 saturated carbocycles. The van der Waals surface area contributed by atoms with E-state index in [0.29, 0.717) is 12.5 Å². The smallest absolute Gasteiger partial charge is 0.0580 e. The quantitative estimate of drug-likeness (QED) is 0.641. The van der Waals surface area contributed by atoms with Gasteiger partial charge in [0.15, 0.2) is 0 Å². The lowest BCUT2D eigenvalue weighted by Gasteiger charge is -2.19. The Kier molecular flexibility index (Phi) is 7.29. The van der Waals surface area contributed by atoms with Crippen LogP contribution < -0.4 is 5.73 Å². The van der Waals surface area contributed by atoms with Crippen molar-refractivity contribution in [2.24, 2.45) is 17.6 Å². The highest BCUT2D eigenvalue weighted by atomic mass is 16.3. The molecule has 0 saturated heterocycles. The lowest BCUT2D eigenvalue weighted by atomic mass is 9.94. The van der Waals surface area contributed by atoms with E-state index in [1.165, 1.54) is 6.42 Å². The molecule has 0 bridgehead atoms. The number of hydrogen-bond donors (Lipinski definition) is 2. The summed E-state index contributed by atoms with van der Waals surface area (Å²) >= 11 is 0. The molecular weight excluding hydrogens is 162 g/mol. The Hall–Kier alpha value is -0.0800. The van der Waals surface area contributed by atoms with Gasteiger partial charge in [0.2, 0.25) is 0 Å². The fraction of sp³-hybridized carbons (Fsp3) is 1.00. The van der Waals surface area contributed by atoms with Crippen LogP contribution in [0.3, 0.4) is 0 Å². The highest BCUT2D eigenvalue weighted by molar-refractivity contribution is 4.68. The van der Waals surface area contributed by atoms with Crippen molar-refractivity contribution in [1.82, 2.24) is 0 Å². The van der Waals surface area contributed by atoms with Gasteiger partial charge in [0.05, 0.1) is 6.10 Å². The lowest BCUT2D eigenvalue weighted by molar-refractivity contribution is 0.0967. The average molecular weight is 187 g/mol. The predicted molar refractivity (Wildman–Crippen MR) is 57.5 cm³/mol. The third-order valence-corrected chi connectivity index (χ3v) is 2.65. The minimum Gasteiger partial charge on any atom is -0.393 e. The number of aliphatic hydroxyl groups excluding tert-OH is 1. The van der Waals surface area contributed by atoms with Crippen molar-refractivity contribution in [3.05, 3.63) is 0 Å². The normalized spacial score (nSPS) is 16.2. The largest absolute Gasteiger partial charge is 0.393 e. The van der Waals surface area contributed by atoms with Crippen LogP contribution in [-0.2, 0) is 0 Å². The molecule has 2 nitrogen and oxygen atoms in total. The first kappa shape index (κ1) is 12.9. The van der Waals surface area contributed by atoms with Crippen LogP contribution in [0.4, 0.5) is 0 Å². The predicted octanol–water partition coefficient (Wildman–Crippen LogP) is 2.16. The van der Waals surface area contributed by atoms with Crippen LogP contribution in [0.15, 0.2) is 0 Å². The molecule has 0 amide bonds. The second-order valence-electron chi connectivity index (χ2n) is 4.30. The first-order chi connectivity index (χ1) is 6.11. The molecule has 0 aliphatic rings. The molecule has 0 fully saturated rings. The highest BCUT2D eigenvalue weighted by Gasteiger charge is 2.14. The summed E-state index contributed by atoms with van der Waals surface area (Å²) < 4.78 is 0. The van der Waals surface area contributed by atoms with Gasteiger partial charge in [-0.25, -0.2) is 0 Å². The molecule has 0 aliphatic carbocycles. The first-order valence-electron chi connectivity index (χ1n) is 5.49. The SMILES string of the molecule is CCC(CN)C(O)CCCC(C)C. The van der Waals surface area contributed by atoms with Crippen LogP contribution in [-0.4, -0.2) is 17.8 Å². The van der Waals surface area contributed by atoms with Gasteiger partial charge in [0.25, 0.3) is 0 Å². The summed E-state index contributed by atoms with van der Waals surface area (Å²) in [6.07, 6.45) is 4.04. The molecule has 2 unspecified atom stereocenters. The van der Waals surface area contributed by atoms with Gasteiger partial charge >= 0.3 is 0 Å². The molecule has 2 atom stereocenters. The van der Waals surface area contributed by atoms with Gasteiger partial charge in [-0.3, -0.25) is 0 Å². The zero-order chi connectivity index (χ0) is 10.3. The molecule has 0 aliphatic heterocycles. The standard InChI is InChI=1S/C11H25NO/c1-4-10(8-12)11(13)7-5-6-9(2)3/h9-11,13H,4-8,12H2,1-3H3. The van der Waals surface area contributed by atoms with Crippen molar-refractivity contribution in [1.29, 1.82) is 0 Å². The monoisotopic (exact) mass is 187 g/mol. The van der Waals surface area contributed by atoms with Crippen molar-refractivity contribution in [2.75, 3.05) is 6.54 Å². The summed E-state index contributed by atoms with van der Waals surface area (Å²) in [6.45, 7) is 7.13. The molecule has 0 rings (SSSR count). The zero-order valence-electron chi connectivity index (χ0n) is 9.29. The van der Waals surface area contributed by atoms with Gasteiger partial charge in [0, 0.05) is 0 Å². The van der Waals surface area contributed by atoms with E-state index in [1.807, 2.05) is 0 Å². The maximum atomic E-state index is 9.74. The van der Waals surface area contributed by atoms with Gasteiger partial charge in [-0.05, 0) is 31.2 Å². The Morgan fingerprint density at radius 1 is 1.23 bits per heavy atom. The van der Waals surface area contributed by atoms with Gasteiger partial charge in [-0.2, -0.15) is 0 Å². The third kappa shape index (κ3) is 6.05. The van der Waals surface area contributed by atoms with Crippen LogP contribution in [0.1, 0.15) is 46.5 Å². The third-order valence-electron chi connectivity index (χ3n) is 2.65. The van der Waals surface area contributed by atoms with E-state index in [2.05, 4.69) is 20.8 Å². The summed E-state index contributed by atoms with van der Waals surface area (Å²) in [6, 6.07) is 0. The van der Waals surface area contributed by atoms with Gasteiger partial charge in [-0.15, -0.1) is 0 Å². The molecule has 0 spiro atoms.